The van der Waals surface area contributed by atoms with E-state index in [0.29, 0.717) is 33.8 Å². The van der Waals surface area contributed by atoms with Gasteiger partial charge in [0.25, 0.3) is 10.0 Å². The number of nitrogens with one attached hydrogen (secondary N) is 1. The molecule has 1 aliphatic rings. The number of aromatic hydroxyl groups is 1. The highest BCUT2D eigenvalue weighted by atomic mass is 32.2. The van der Waals surface area contributed by atoms with Crippen LogP contribution < -0.4 is 9.46 Å². The Morgan fingerprint density at radius 3 is 2.64 bits per heavy atom. The third kappa shape index (κ3) is 5.48. The number of aromatic nitrogens is 2. The summed E-state index contributed by atoms with van der Waals surface area (Å²) in [6.45, 7) is 1.60. The van der Waals surface area contributed by atoms with Crippen molar-refractivity contribution in [3.05, 3.63) is 76.3 Å². The molecule has 0 radical (unpaired) electrons. The predicted octanol–water partition coefficient (Wildman–Crippen LogP) is 6.32. The van der Waals surface area contributed by atoms with Crippen molar-refractivity contribution in [3.8, 4) is 22.8 Å². The predicted molar refractivity (Wildman–Crippen MR) is 146 cm³/mol. The molecule has 2 aromatic carbocycles. The van der Waals surface area contributed by atoms with Gasteiger partial charge in [0, 0.05) is 22.2 Å². The van der Waals surface area contributed by atoms with Gasteiger partial charge in [0.2, 0.25) is 0 Å². The number of benzene rings is 2. The topological polar surface area (TPSA) is 114 Å². The first-order chi connectivity index (χ1) is 18.7. The fourth-order valence-corrected chi connectivity index (χ4v) is 6.74. The monoisotopic (exact) mass is 570 g/mol. The Kier molecular flexibility index (Phi) is 7.32. The van der Waals surface area contributed by atoms with E-state index < -0.39 is 21.7 Å². The first-order valence-corrected chi connectivity index (χ1v) is 14.3. The number of sulfonamides is 1. The van der Waals surface area contributed by atoms with Crippen LogP contribution in [0.5, 0.6) is 11.5 Å². The quantitative estimate of drug-likeness (QED) is 0.240. The lowest BCUT2D eigenvalue weighted by molar-refractivity contribution is 0.373. The molecule has 1 fully saturated rings. The van der Waals surface area contributed by atoms with Gasteiger partial charge in [0.15, 0.2) is 33.3 Å². The normalized spacial score (nSPS) is 13.9. The van der Waals surface area contributed by atoms with Crippen LogP contribution in [-0.2, 0) is 10.0 Å². The van der Waals surface area contributed by atoms with Crippen LogP contribution in [0, 0.1) is 18.6 Å². The van der Waals surface area contributed by atoms with Gasteiger partial charge in [0.05, 0.1) is 24.7 Å². The number of phenols is 1. The summed E-state index contributed by atoms with van der Waals surface area (Å²) in [5.74, 6) is -1.54. The van der Waals surface area contributed by atoms with Crippen LogP contribution in [-0.4, -0.2) is 36.8 Å². The number of anilines is 1. The summed E-state index contributed by atoms with van der Waals surface area (Å²) in [5, 5.41) is 10.2. The summed E-state index contributed by atoms with van der Waals surface area (Å²) in [6.07, 6.45) is 5.61. The number of para-hydroxylation sites is 1. The molecular weight excluding hydrogens is 546 g/mol. The van der Waals surface area contributed by atoms with E-state index in [1.54, 1.807) is 31.2 Å². The van der Waals surface area contributed by atoms with Gasteiger partial charge >= 0.3 is 0 Å². The molecule has 39 heavy (non-hydrogen) atoms. The van der Waals surface area contributed by atoms with Crippen molar-refractivity contribution in [2.24, 2.45) is 4.99 Å². The summed E-state index contributed by atoms with van der Waals surface area (Å²) in [4.78, 5) is 13.7. The van der Waals surface area contributed by atoms with E-state index in [9.17, 15) is 22.3 Å². The molecule has 12 heteroatoms. The minimum atomic E-state index is -4.11. The molecule has 0 unspecified atom stereocenters. The largest absolute Gasteiger partial charge is 0.504 e. The number of hydrogen-bond donors (Lipinski definition) is 2. The van der Waals surface area contributed by atoms with Gasteiger partial charge in [-0.3, -0.25) is 9.71 Å². The van der Waals surface area contributed by atoms with Crippen LogP contribution in [0.2, 0.25) is 0 Å². The second kappa shape index (κ2) is 10.7. The number of methoxy groups -OCH3 is 1. The van der Waals surface area contributed by atoms with Crippen LogP contribution in [0.1, 0.15) is 41.2 Å². The van der Waals surface area contributed by atoms with Crippen molar-refractivity contribution in [1.29, 1.82) is 0 Å². The number of nitrogens with zero attached hydrogens (tertiary/aromatic N) is 3. The molecule has 1 saturated carbocycles. The number of rotatable bonds is 8. The molecule has 202 valence electrons. The van der Waals surface area contributed by atoms with Gasteiger partial charge in [-0.2, -0.15) is 8.42 Å². The van der Waals surface area contributed by atoms with Gasteiger partial charge in [0.1, 0.15) is 0 Å². The van der Waals surface area contributed by atoms with Crippen molar-refractivity contribution < 1.29 is 27.0 Å². The zero-order chi connectivity index (χ0) is 27.7. The first kappa shape index (κ1) is 26.7. The molecule has 0 aliphatic heterocycles. The molecular formula is C27H24F2N4O4S2. The second-order valence-corrected chi connectivity index (χ2v) is 11.7. The minimum Gasteiger partial charge on any atom is -0.504 e. The summed E-state index contributed by atoms with van der Waals surface area (Å²) >= 11 is 1.19. The Balaban J connectivity index is 1.41. The van der Waals surface area contributed by atoms with E-state index in [1.165, 1.54) is 36.9 Å². The van der Waals surface area contributed by atoms with Crippen molar-refractivity contribution >= 4 is 38.4 Å². The molecule has 0 spiro atoms. The molecule has 2 aromatic heterocycles. The standard InChI is InChI=1S/C27H24F2N4O4S2/c1-15-11-19(30-13-18-7-4-8-22(37-2)24(18)34)14-31-26(15)39(35,36)33-27-32-23(25(38-27)16-5-3-6-16)17-9-10-20(28)21(29)12-17/h4,7-14,16,34H,3,5-6H2,1-2H3,(H,32,33). The number of pyridine rings is 1. The van der Waals surface area contributed by atoms with Crippen molar-refractivity contribution in [2.75, 3.05) is 11.8 Å². The van der Waals surface area contributed by atoms with Crippen molar-refractivity contribution in [1.82, 2.24) is 9.97 Å². The fourth-order valence-electron chi connectivity index (χ4n) is 4.19. The van der Waals surface area contributed by atoms with Gasteiger partial charge in [-0.1, -0.05) is 12.5 Å². The van der Waals surface area contributed by atoms with Gasteiger partial charge in [-0.25, -0.2) is 18.7 Å². The first-order valence-electron chi connectivity index (χ1n) is 12.0. The SMILES string of the molecule is COc1cccc(C=Nc2cnc(S(=O)(=O)Nc3nc(-c4ccc(F)c(F)c4)c(C4CCC4)s3)c(C)c2)c1O. The maximum Gasteiger partial charge on any atom is 0.281 e. The van der Waals surface area contributed by atoms with Crippen LogP contribution in [0.25, 0.3) is 11.3 Å². The van der Waals surface area contributed by atoms with Crippen LogP contribution in [0.3, 0.4) is 0 Å². The summed E-state index contributed by atoms with van der Waals surface area (Å²) in [6, 6.07) is 10.1. The molecule has 5 rings (SSSR count). The highest BCUT2D eigenvalue weighted by Gasteiger charge is 2.29. The lowest BCUT2D eigenvalue weighted by Crippen LogP contribution is -2.15. The average Bonchev–Trinajstić information content (AvgIpc) is 3.25. The van der Waals surface area contributed by atoms with Crippen molar-refractivity contribution in [2.45, 2.75) is 37.1 Å². The van der Waals surface area contributed by atoms with Gasteiger partial charge < -0.3 is 9.84 Å². The van der Waals surface area contributed by atoms with Crippen molar-refractivity contribution in [3.63, 3.8) is 0 Å². The maximum absolute atomic E-state index is 13.9. The molecule has 1 aliphatic carbocycles. The molecule has 4 aromatic rings. The highest BCUT2D eigenvalue weighted by Crippen LogP contribution is 2.45. The number of halogens is 2. The molecule has 2 heterocycles. The number of ether oxygens (including phenoxy) is 1. The summed E-state index contributed by atoms with van der Waals surface area (Å²) in [7, 11) is -2.67. The Hall–Kier alpha value is -3.90. The molecule has 2 N–H and O–H groups in total. The van der Waals surface area contributed by atoms with E-state index in [-0.39, 0.29) is 21.8 Å². The molecule has 8 nitrogen and oxygen atoms in total. The van der Waals surface area contributed by atoms with E-state index in [2.05, 4.69) is 19.7 Å². The second-order valence-electron chi connectivity index (χ2n) is 9.07. The Morgan fingerprint density at radius 2 is 1.97 bits per heavy atom. The number of phenolic OH excluding ortho intramolecular Hbond substituents is 1. The number of aliphatic imine (C=N–C) groups is 1. The Bertz CT molecular complexity index is 1690. The lowest BCUT2D eigenvalue weighted by atomic mass is 9.83. The zero-order valence-electron chi connectivity index (χ0n) is 21.0. The number of aryl methyl sites for hydroxylation is 1. The molecule has 0 amide bonds. The Morgan fingerprint density at radius 1 is 1.18 bits per heavy atom. The van der Waals surface area contributed by atoms with Crippen LogP contribution in [0.4, 0.5) is 19.6 Å². The van der Waals surface area contributed by atoms with Crippen LogP contribution >= 0.6 is 11.3 Å². The summed E-state index contributed by atoms with van der Waals surface area (Å²) < 4.78 is 61.5. The van der Waals surface area contributed by atoms with E-state index in [1.807, 2.05) is 0 Å². The molecule has 0 saturated heterocycles. The Labute approximate surface area is 228 Å². The van der Waals surface area contributed by atoms with E-state index in [0.717, 1.165) is 36.3 Å². The van der Waals surface area contributed by atoms with Gasteiger partial charge in [-0.15, -0.1) is 11.3 Å². The highest BCUT2D eigenvalue weighted by molar-refractivity contribution is 7.92. The molecule has 0 atom stereocenters. The third-order valence-corrected chi connectivity index (χ3v) is 9.08. The molecule has 0 bridgehead atoms. The maximum atomic E-state index is 13.9. The number of hydrogen-bond acceptors (Lipinski definition) is 8. The minimum absolute atomic E-state index is 0.0655. The smallest absolute Gasteiger partial charge is 0.281 e. The number of thiazole rings is 1. The fraction of sp³-hybridized carbons (Fsp3) is 0.222. The third-order valence-electron chi connectivity index (χ3n) is 6.42. The summed E-state index contributed by atoms with van der Waals surface area (Å²) in [5.41, 5.74) is 1.99. The van der Waals surface area contributed by atoms with E-state index in [4.69, 9.17) is 4.74 Å². The lowest BCUT2D eigenvalue weighted by Gasteiger charge is -2.24. The van der Waals surface area contributed by atoms with Gasteiger partial charge in [-0.05, 0) is 67.6 Å². The van der Waals surface area contributed by atoms with E-state index >= 15 is 0 Å². The van der Waals surface area contributed by atoms with Crippen LogP contribution in [0.15, 0.2) is 58.7 Å². The zero-order valence-corrected chi connectivity index (χ0v) is 22.6. The average molecular weight is 571 g/mol.